The molecular formula is C20H20FN3O4. The van der Waals surface area contributed by atoms with E-state index in [0.29, 0.717) is 36.8 Å². The minimum absolute atomic E-state index is 0.0241. The number of likely N-dealkylation sites (N-methyl/N-ethyl adjacent to an activating group) is 1. The molecule has 1 atom stereocenters. The van der Waals surface area contributed by atoms with Crippen LogP contribution in [0.4, 0.5) is 20.6 Å². The van der Waals surface area contributed by atoms with E-state index in [0.717, 1.165) is 5.56 Å². The van der Waals surface area contributed by atoms with Crippen molar-refractivity contribution in [2.45, 2.75) is 6.10 Å². The molecular weight excluding hydrogens is 365 g/mol. The van der Waals surface area contributed by atoms with Gasteiger partial charge in [0.25, 0.3) is 5.91 Å². The summed E-state index contributed by atoms with van der Waals surface area (Å²) in [6, 6.07) is 11.0. The number of fused-ring (bicyclic) bond motifs is 1. The number of nitrogens with one attached hydrogen (secondary N) is 1. The Morgan fingerprint density at radius 2 is 2.00 bits per heavy atom. The molecule has 2 heterocycles. The van der Waals surface area contributed by atoms with Crippen molar-refractivity contribution in [1.29, 1.82) is 0 Å². The number of anilines is 2. The molecule has 28 heavy (non-hydrogen) atoms. The van der Waals surface area contributed by atoms with Gasteiger partial charge in [0.1, 0.15) is 17.7 Å². The van der Waals surface area contributed by atoms with Crippen molar-refractivity contribution in [2.24, 2.45) is 0 Å². The first-order valence-corrected chi connectivity index (χ1v) is 8.97. The van der Waals surface area contributed by atoms with Crippen molar-refractivity contribution in [1.82, 2.24) is 4.90 Å². The zero-order chi connectivity index (χ0) is 19.7. The molecule has 4 rings (SSSR count). The van der Waals surface area contributed by atoms with Gasteiger partial charge in [-0.15, -0.1) is 0 Å². The van der Waals surface area contributed by atoms with Crippen molar-refractivity contribution in [3.8, 4) is 5.75 Å². The van der Waals surface area contributed by atoms with E-state index < -0.39 is 0 Å². The second-order valence-corrected chi connectivity index (χ2v) is 6.71. The lowest BCUT2D eigenvalue weighted by Crippen LogP contribution is -2.44. The zero-order valence-electron chi connectivity index (χ0n) is 15.4. The molecule has 0 radical (unpaired) electrons. The van der Waals surface area contributed by atoms with Crippen LogP contribution in [-0.2, 0) is 9.53 Å². The van der Waals surface area contributed by atoms with Crippen molar-refractivity contribution in [3.05, 3.63) is 53.8 Å². The average molecular weight is 385 g/mol. The first kappa shape index (κ1) is 18.2. The first-order valence-electron chi connectivity index (χ1n) is 8.97. The van der Waals surface area contributed by atoms with E-state index in [-0.39, 0.29) is 30.5 Å². The molecule has 2 aromatic carbocycles. The smallest absolute Gasteiger partial charge is 0.322 e. The molecule has 0 unspecified atom stereocenters. The maximum absolute atomic E-state index is 13.1. The highest BCUT2D eigenvalue weighted by Crippen LogP contribution is 2.33. The molecule has 3 amide bonds. The second kappa shape index (κ2) is 7.47. The van der Waals surface area contributed by atoms with E-state index >= 15 is 0 Å². The van der Waals surface area contributed by atoms with Crippen LogP contribution in [-0.4, -0.2) is 50.2 Å². The summed E-state index contributed by atoms with van der Waals surface area (Å²) in [5.74, 6) is 0.117. The third-order valence-corrected chi connectivity index (χ3v) is 4.89. The molecule has 0 bridgehead atoms. The maximum Gasteiger partial charge on any atom is 0.322 e. The van der Waals surface area contributed by atoms with Gasteiger partial charge in [-0.1, -0.05) is 12.1 Å². The average Bonchev–Trinajstić information content (AvgIpc) is 2.71. The Hall–Kier alpha value is -3.13. The number of nitrogens with zero attached hydrogens (tertiary/aromatic N) is 2. The lowest BCUT2D eigenvalue weighted by Gasteiger charge is -2.33. The molecule has 2 aliphatic rings. The van der Waals surface area contributed by atoms with Crippen LogP contribution in [0.2, 0.25) is 0 Å². The van der Waals surface area contributed by atoms with Crippen molar-refractivity contribution in [2.75, 3.05) is 43.6 Å². The second-order valence-electron chi connectivity index (χ2n) is 6.71. The van der Waals surface area contributed by atoms with Crippen molar-refractivity contribution < 1.29 is 23.5 Å². The summed E-state index contributed by atoms with van der Waals surface area (Å²) in [6.45, 7) is 1.21. The third-order valence-electron chi connectivity index (χ3n) is 4.89. The number of morpholine rings is 1. The lowest BCUT2D eigenvalue weighted by atomic mass is 10.1. The Bertz CT molecular complexity index is 903. The number of carbonyl (C=O) groups is 2. The van der Waals surface area contributed by atoms with E-state index in [1.165, 1.54) is 17.0 Å². The van der Waals surface area contributed by atoms with Gasteiger partial charge < -0.3 is 24.6 Å². The number of carbonyl (C=O) groups excluding carboxylic acids is 2. The van der Waals surface area contributed by atoms with Gasteiger partial charge >= 0.3 is 6.03 Å². The maximum atomic E-state index is 13.1. The number of hydrogen-bond acceptors (Lipinski definition) is 4. The molecule has 0 aliphatic carbocycles. The van der Waals surface area contributed by atoms with Gasteiger partial charge in [0, 0.05) is 25.3 Å². The Morgan fingerprint density at radius 1 is 1.21 bits per heavy atom. The summed E-state index contributed by atoms with van der Waals surface area (Å²) < 4.78 is 24.3. The standard InChI is InChI=1S/C20H20FN3O4/c1-23-16-7-6-15(10-17(16)28-12-19(23)25)22-20(26)24-8-9-27-18(11-24)13-2-4-14(21)5-3-13/h2-7,10,18H,8-9,11-12H2,1H3,(H,22,26)/t18-/m0/s1. The molecule has 8 heteroatoms. The van der Waals surface area contributed by atoms with Gasteiger partial charge in [-0.3, -0.25) is 4.79 Å². The van der Waals surface area contributed by atoms with Crippen molar-refractivity contribution >= 4 is 23.3 Å². The highest BCUT2D eigenvalue weighted by Gasteiger charge is 2.26. The van der Waals surface area contributed by atoms with Gasteiger partial charge in [-0.25, -0.2) is 9.18 Å². The van der Waals surface area contributed by atoms with E-state index in [2.05, 4.69) is 5.32 Å². The number of halogens is 1. The van der Waals surface area contributed by atoms with E-state index in [1.54, 1.807) is 42.3 Å². The number of hydrogen-bond donors (Lipinski definition) is 1. The normalized spacial score (nSPS) is 19.1. The zero-order valence-corrected chi connectivity index (χ0v) is 15.4. The van der Waals surface area contributed by atoms with E-state index in [1.807, 2.05) is 0 Å². The fraction of sp³-hybridized carbons (Fsp3) is 0.300. The molecule has 146 valence electrons. The molecule has 0 spiro atoms. The third kappa shape index (κ3) is 3.63. The van der Waals surface area contributed by atoms with Crippen LogP contribution in [0.3, 0.4) is 0 Å². The minimum Gasteiger partial charge on any atom is -0.481 e. The van der Waals surface area contributed by atoms with Crippen LogP contribution in [0, 0.1) is 5.82 Å². The predicted octanol–water partition coefficient (Wildman–Crippen LogP) is 2.79. The van der Waals surface area contributed by atoms with Crippen LogP contribution in [0.15, 0.2) is 42.5 Å². The molecule has 7 nitrogen and oxygen atoms in total. The monoisotopic (exact) mass is 385 g/mol. The molecule has 1 N–H and O–H groups in total. The number of rotatable bonds is 2. The summed E-state index contributed by atoms with van der Waals surface area (Å²) in [5.41, 5.74) is 2.07. The first-order chi connectivity index (χ1) is 13.5. The number of benzene rings is 2. The summed E-state index contributed by atoms with van der Waals surface area (Å²) in [6.07, 6.45) is -0.299. The minimum atomic E-state index is -0.309. The van der Waals surface area contributed by atoms with Crippen LogP contribution >= 0.6 is 0 Å². The quantitative estimate of drug-likeness (QED) is 0.863. The summed E-state index contributed by atoms with van der Waals surface area (Å²) in [7, 11) is 1.69. The highest BCUT2D eigenvalue weighted by atomic mass is 19.1. The number of urea groups is 1. The fourth-order valence-corrected chi connectivity index (χ4v) is 3.27. The lowest BCUT2D eigenvalue weighted by molar-refractivity contribution is -0.120. The number of amides is 3. The van der Waals surface area contributed by atoms with Gasteiger partial charge in [-0.05, 0) is 29.8 Å². The summed E-state index contributed by atoms with van der Waals surface area (Å²) >= 11 is 0. The molecule has 0 aromatic heterocycles. The van der Waals surface area contributed by atoms with E-state index in [9.17, 15) is 14.0 Å². The van der Waals surface area contributed by atoms with Gasteiger partial charge in [0.15, 0.2) is 6.61 Å². The van der Waals surface area contributed by atoms with Crippen LogP contribution in [0.25, 0.3) is 0 Å². The van der Waals surface area contributed by atoms with Crippen LogP contribution in [0.1, 0.15) is 11.7 Å². The Morgan fingerprint density at radius 3 is 2.79 bits per heavy atom. The van der Waals surface area contributed by atoms with Gasteiger partial charge in [0.2, 0.25) is 0 Å². The SMILES string of the molecule is CN1C(=O)COc2cc(NC(=O)N3CCO[C@H](c4ccc(F)cc4)C3)ccc21. The summed E-state index contributed by atoms with van der Waals surface area (Å²) in [4.78, 5) is 27.5. The Balaban J connectivity index is 1.43. The molecule has 2 aliphatic heterocycles. The van der Waals surface area contributed by atoms with Gasteiger partial charge in [0.05, 0.1) is 18.8 Å². The number of ether oxygens (including phenoxy) is 2. The Labute approximate surface area is 161 Å². The molecule has 2 aromatic rings. The topological polar surface area (TPSA) is 71.1 Å². The Kier molecular flexibility index (Phi) is 4.87. The molecule has 1 fully saturated rings. The van der Waals surface area contributed by atoms with Crippen LogP contribution < -0.4 is 15.0 Å². The van der Waals surface area contributed by atoms with Crippen molar-refractivity contribution in [3.63, 3.8) is 0 Å². The van der Waals surface area contributed by atoms with E-state index in [4.69, 9.17) is 9.47 Å². The molecule has 1 saturated heterocycles. The predicted molar refractivity (Wildman–Crippen MR) is 101 cm³/mol. The summed E-state index contributed by atoms with van der Waals surface area (Å²) in [5, 5.41) is 2.86. The highest BCUT2D eigenvalue weighted by molar-refractivity contribution is 5.98. The fourth-order valence-electron chi connectivity index (χ4n) is 3.27. The van der Waals surface area contributed by atoms with Crippen LogP contribution in [0.5, 0.6) is 5.75 Å². The van der Waals surface area contributed by atoms with Gasteiger partial charge in [-0.2, -0.15) is 0 Å². The molecule has 0 saturated carbocycles. The largest absolute Gasteiger partial charge is 0.481 e.